The van der Waals surface area contributed by atoms with Crippen LogP contribution in [0.15, 0.2) is 18.5 Å². The van der Waals surface area contributed by atoms with Crippen LogP contribution in [-0.2, 0) is 9.59 Å². The quantitative estimate of drug-likeness (QED) is 0.662. The highest BCUT2D eigenvalue weighted by molar-refractivity contribution is 6.39. The van der Waals surface area contributed by atoms with Crippen molar-refractivity contribution in [1.29, 1.82) is 0 Å². The Morgan fingerprint density at radius 3 is 2.47 bits per heavy atom. The van der Waals surface area contributed by atoms with Crippen LogP contribution in [0.3, 0.4) is 0 Å². The van der Waals surface area contributed by atoms with Crippen molar-refractivity contribution in [3.05, 3.63) is 18.5 Å². The van der Waals surface area contributed by atoms with E-state index in [0.717, 1.165) is 0 Å². The number of aromatic nitrogens is 2. The van der Waals surface area contributed by atoms with Gasteiger partial charge >= 0.3 is 11.8 Å². The van der Waals surface area contributed by atoms with Gasteiger partial charge in [0, 0.05) is 25.5 Å². The van der Waals surface area contributed by atoms with Crippen molar-refractivity contribution in [2.45, 2.75) is 0 Å². The van der Waals surface area contributed by atoms with Crippen LogP contribution in [0.2, 0.25) is 0 Å². The molecule has 17 heavy (non-hydrogen) atoms. The van der Waals surface area contributed by atoms with E-state index < -0.39 is 11.8 Å². The first-order chi connectivity index (χ1) is 8.09. The zero-order valence-electron chi connectivity index (χ0n) is 9.80. The molecule has 0 fully saturated rings. The number of nitrogens with zero attached hydrogens (tertiary/aromatic N) is 3. The molecule has 1 rings (SSSR count). The molecule has 2 amide bonds. The van der Waals surface area contributed by atoms with Crippen LogP contribution in [0.5, 0.6) is 0 Å². The Hall–Kier alpha value is -2.02. The molecule has 0 bridgehead atoms. The first-order valence-corrected chi connectivity index (χ1v) is 5.10. The van der Waals surface area contributed by atoms with Crippen LogP contribution >= 0.6 is 0 Å². The SMILES string of the molecule is CN(C)CCNC(=O)C(=O)Nc1ncccn1. The highest BCUT2D eigenvalue weighted by Crippen LogP contribution is 1.93. The molecule has 0 radical (unpaired) electrons. The number of amides is 2. The van der Waals surface area contributed by atoms with Gasteiger partial charge in [0.15, 0.2) is 0 Å². The molecule has 1 aromatic rings. The van der Waals surface area contributed by atoms with Gasteiger partial charge in [-0.2, -0.15) is 0 Å². The fourth-order valence-corrected chi connectivity index (χ4v) is 0.995. The lowest BCUT2D eigenvalue weighted by Crippen LogP contribution is -2.39. The molecule has 0 saturated heterocycles. The normalized spacial score (nSPS) is 10.1. The molecule has 7 nitrogen and oxygen atoms in total. The number of hydrogen-bond acceptors (Lipinski definition) is 5. The van der Waals surface area contributed by atoms with Gasteiger partial charge in [0.05, 0.1) is 0 Å². The van der Waals surface area contributed by atoms with Crippen molar-refractivity contribution in [2.24, 2.45) is 0 Å². The molecule has 0 aliphatic carbocycles. The monoisotopic (exact) mass is 237 g/mol. The summed E-state index contributed by atoms with van der Waals surface area (Å²) in [6.45, 7) is 1.08. The summed E-state index contributed by atoms with van der Waals surface area (Å²) < 4.78 is 0. The van der Waals surface area contributed by atoms with Gasteiger partial charge in [-0.05, 0) is 20.2 Å². The predicted octanol–water partition coefficient (Wildman–Crippen LogP) is -0.907. The Bertz CT molecular complexity index is 380. The molecule has 0 spiro atoms. The summed E-state index contributed by atoms with van der Waals surface area (Å²) in [5.74, 6) is -1.35. The Kier molecular flexibility index (Phi) is 5.02. The number of nitrogens with one attached hydrogen (secondary N) is 2. The molecule has 0 aliphatic rings. The average molecular weight is 237 g/mol. The summed E-state index contributed by atoms with van der Waals surface area (Å²) in [6.07, 6.45) is 2.96. The molecule has 1 aromatic heterocycles. The van der Waals surface area contributed by atoms with Gasteiger partial charge in [-0.25, -0.2) is 9.97 Å². The van der Waals surface area contributed by atoms with Crippen molar-refractivity contribution in [1.82, 2.24) is 20.2 Å². The molecular formula is C10H15N5O2. The lowest BCUT2D eigenvalue weighted by atomic mass is 10.5. The van der Waals surface area contributed by atoms with Gasteiger partial charge < -0.3 is 10.2 Å². The van der Waals surface area contributed by atoms with Crippen molar-refractivity contribution in [3.8, 4) is 0 Å². The summed E-state index contributed by atoms with van der Waals surface area (Å²) in [5, 5.41) is 4.78. The van der Waals surface area contributed by atoms with Gasteiger partial charge in [0.2, 0.25) is 5.95 Å². The van der Waals surface area contributed by atoms with Crippen LogP contribution < -0.4 is 10.6 Å². The number of likely N-dealkylation sites (N-methyl/N-ethyl adjacent to an activating group) is 1. The molecule has 0 aromatic carbocycles. The third kappa shape index (κ3) is 5.03. The molecular weight excluding hydrogens is 222 g/mol. The number of carbonyl (C=O) groups is 2. The largest absolute Gasteiger partial charge is 0.347 e. The van der Waals surface area contributed by atoms with Gasteiger partial charge in [-0.1, -0.05) is 0 Å². The molecule has 2 N–H and O–H groups in total. The Labute approximate surface area is 99.2 Å². The number of carbonyl (C=O) groups excluding carboxylic acids is 2. The van der Waals surface area contributed by atoms with Gasteiger partial charge in [-0.15, -0.1) is 0 Å². The van der Waals surface area contributed by atoms with E-state index in [2.05, 4.69) is 20.6 Å². The fraction of sp³-hybridized carbons (Fsp3) is 0.400. The summed E-state index contributed by atoms with van der Waals surface area (Å²) in [6, 6.07) is 1.62. The number of rotatable bonds is 4. The lowest BCUT2D eigenvalue weighted by Gasteiger charge is -2.09. The average Bonchev–Trinajstić information content (AvgIpc) is 2.29. The second kappa shape index (κ2) is 6.54. The third-order valence-electron chi connectivity index (χ3n) is 1.84. The second-order valence-electron chi connectivity index (χ2n) is 3.59. The van der Waals surface area contributed by atoms with E-state index in [-0.39, 0.29) is 5.95 Å². The van der Waals surface area contributed by atoms with Crippen molar-refractivity contribution >= 4 is 17.8 Å². The van der Waals surface area contributed by atoms with E-state index in [4.69, 9.17) is 0 Å². The molecule has 0 saturated carbocycles. The first-order valence-electron chi connectivity index (χ1n) is 5.10. The van der Waals surface area contributed by atoms with Crippen LogP contribution in [0.25, 0.3) is 0 Å². The zero-order valence-corrected chi connectivity index (χ0v) is 9.80. The topological polar surface area (TPSA) is 87.2 Å². The molecule has 0 atom stereocenters. The maximum absolute atomic E-state index is 11.4. The Balaban J connectivity index is 2.35. The van der Waals surface area contributed by atoms with Crippen LogP contribution in [0.1, 0.15) is 0 Å². The molecule has 0 unspecified atom stereocenters. The third-order valence-corrected chi connectivity index (χ3v) is 1.84. The molecule has 92 valence electrons. The summed E-state index contributed by atoms with van der Waals surface area (Å²) >= 11 is 0. The van der Waals surface area contributed by atoms with Crippen LogP contribution in [0, 0.1) is 0 Å². The van der Waals surface area contributed by atoms with Crippen LogP contribution in [0.4, 0.5) is 5.95 Å². The number of anilines is 1. The Morgan fingerprint density at radius 2 is 1.88 bits per heavy atom. The Morgan fingerprint density at radius 1 is 1.24 bits per heavy atom. The van der Waals surface area contributed by atoms with E-state index in [1.165, 1.54) is 12.4 Å². The predicted molar refractivity (Wildman–Crippen MR) is 62.2 cm³/mol. The lowest BCUT2D eigenvalue weighted by molar-refractivity contribution is -0.136. The second-order valence-corrected chi connectivity index (χ2v) is 3.59. The van der Waals surface area contributed by atoms with Gasteiger partial charge in [0.1, 0.15) is 0 Å². The van der Waals surface area contributed by atoms with Crippen molar-refractivity contribution < 1.29 is 9.59 Å². The van der Waals surface area contributed by atoms with E-state index in [9.17, 15) is 9.59 Å². The minimum atomic E-state index is -0.769. The van der Waals surface area contributed by atoms with E-state index in [0.29, 0.717) is 13.1 Å². The first kappa shape index (κ1) is 13.0. The van der Waals surface area contributed by atoms with Gasteiger partial charge in [0.25, 0.3) is 0 Å². The minimum Gasteiger partial charge on any atom is -0.347 e. The molecule has 1 heterocycles. The zero-order chi connectivity index (χ0) is 12.7. The highest BCUT2D eigenvalue weighted by atomic mass is 16.2. The summed E-state index contributed by atoms with van der Waals surface area (Å²) in [5.41, 5.74) is 0. The maximum atomic E-state index is 11.4. The van der Waals surface area contributed by atoms with E-state index in [1.807, 2.05) is 19.0 Å². The standard InChI is InChI=1S/C10H15N5O2/c1-15(2)7-6-11-8(16)9(17)14-10-12-4-3-5-13-10/h3-5H,6-7H2,1-2H3,(H,11,16)(H,12,13,14,17). The van der Waals surface area contributed by atoms with Crippen LogP contribution in [-0.4, -0.2) is 53.9 Å². The van der Waals surface area contributed by atoms with Crippen molar-refractivity contribution in [2.75, 3.05) is 32.5 Å². The minimum absolute atomic E-state index is 0.111. The molecule has 0 aliphatic heterocycles. The smallest absolute Gasteiger partial charge is 0.316 e. The van der Waals surface area contributed by atoms with E-state index >= 15 is 0 Å². The summed E-state index contributed by atoms with van der Waals surface area (Å²) in [7, 11) is 3.76. The number of hydrogen-bond donors (Lipinski definition) is 2. The molecule has 7 heteroatoms. The van der Waals surface area contributed by atoms with Crippen molar-refractivity contribution in [3.63, 3.8) is 0 Å². The highest BCUT2D eigenvalue weighted by Gasteiger charge is 2.13. The fourth-order valence-electron chi connectivity index (χ4n) is 0.995. The van der Waals surface area contributed by atoms with Gasteiger partial charge in [-0.3, -0.25) is 14.9 Å². The maximum Gasteiger partial charge on any atom is 0.316 e. The van der Waals surface area contributed by atoms with E-state index in [1.54, 1.807) is 6.07 Å². The summed E-state index contributed by atoms with van der Waals surface area (Å²) in [4.78, 5) is 32.2.